The molecular weight excluding hydrogens is 226 g/mol. The van der Waals surface area contributed by atoms with Gasteiger partial charge in [-0.1, -0.05) is 6.07 Å². The van der Waals surface area contributed by atoms with E-state index in [1.54, 1.807) is 6.07 Å². The number of aryl methyl sites for hydroxylation is 1. The molecule has 0 fully saturated rings. The van der Waals surface area contributed by atoms with Crippen molar-refractivity contribution >= 4 is 28.7 Å². The molecule has 16 heavy (non-hydrogen) atoms. The highest BCUT2D eigenvalue weighted by atomic mass is 32.1. The van der Waals surface area contributed by atoms with Crippen molar-refractivity contribution in [3.05, 3.63) is 33.9 Å². The first-order valence-corrected chi connectivity index (χ1v) is 5.25. The highest BCUT2D eigenvalue weighted by Crippen LogP contribution is 2.21. The summed E-state index contributed by atoms with van der Waals surface area (Å²) in [5, 5.41) is 16.9. The third kappa shape index (κ3) is 3.16. The molecule has 0 unspecified atom stereocenters. The topological polar surface area (TPSA) is 67.2 Å². The van der Waals surface area contributed by atoms with Crippen LogP contribution in [0, 0.1) is 17.0 Å². The summed E-state index contributed by atoms with van der Waals surface area (Å²) in [6.07, 6.45) is 0. The van der Waals surface area contributed by atoms with Crippen molar-refractivity contribution in [3.8, 4) is 0 Å². The average Bonchev–Trinajstić information content (AvgIpc) is 2.21. The van der Waals surface area contributed by atoms with Crippen LogP contribution in [0.15, 0.2) is 18.2 Å². The quantitative estimate of drug-likeness (QED) is 0.481. The van der Waals surface area contributed by atoms with Crippen LogP contribution in [0.2, 0.25) is 0 Å². The standard InChI is InChI=1S/C10H13N3O2S/c1-3-11-10(16)12-9-6-8(13(14)15)5-4-7(9)2/h4-6H,3H2,1-2H3,(H2,11,12,16). The van der Waals surface area contributed by atoms with Gasteiger partial charge in [0.05, 0.1) is 4.92 Å². The van der Waals surface area contributed by atoms with Crippen LogP contribution in [0.1, 0.15) is 12.5 Å². The van der Waals surface area contributed by atoms with Gasteiger partial charge in [-0.2, -0.15) is 0 Å². The van der Waals surface area contributed by atoms with Crippen LogP contribution in [-0.4, -0.2) is 16.6 Å². The molecule has 1 aromatic rings. The van der Waals surface area contributed by atoms with Gasteiger partial charge in [0, 0.05) is 24.4 Å². The Kier molecular flexibility index (Phi) is 4.19. The molecule has 0 aliphatic heterocycles. The van der Waals surface area contributed by atoms with Gasteiger partial charge in [-0.15, -0.1) is 0 Å². The maximum atomic E-state index is 10.6. The second-order valence-corrected chi connectivity index (χ2v) is 3.65. The summed E-state index contributed by atoms with van der Waals surface area (Å²) in [5.74, 6) is 0. The SMILES string of the molecule is CCNC(=S)Nc1cc([N+](=O)[O-])ccc1C. The number of hydrogen-bond acceptors (Lipinski definition) is 3. The van der Waals surface area contributed by atoms with Crippen molar-refractivity contribution in [1.29, 1.82) is 0 Å². The minimum atomic E-state index is -0.430. The number of nitrogens with one attached hydrogen (secondary N) is 2. The van der Waals surface area contributed by atoms with Crippen molar-refractivity contribution < 1.29 is 4.92 Å². The van der Waals surface area contributed by atoms with E-state index in [0.29, 0.717) is 17.3 Å². The van der Waals surface area contributed by atoms with Crippen molar-refractivity contribution in [1.82, 2.24) is 5.32 Å². The summed E-state index contributed by atoms with van der Waals surface area (Å²) in [6.45, 7) is 4.49. The predicted molar refractivity (Wildman–Crippen MR) is 67.7 cm³/mol. The predicted octanol–water partition coefficient (Wildman–Crippen LogP) is 2.21. The van der Waals surface area contributed by atoms with Crippen LogP contribution in [0.4, 0.5) is 11.4 Å². The molecule has 86 valence electrons. The van der Waals surface area contributed by atoms with Crippen LogP contribution in [0.3, 0.4) is 0 Å². The lowest BCUT2D eigenvalue weighted by atomic mass is 10.2. The van der Waals surface area contributed by atoms with E-state index >= 15 is 0 Å². The van der Waals surface area contributed by atoms with Gasteiger partial charge in [0.1, 0.15) is 0 Å². The Balaban J connectivity index is 2.90. The fourth-order valence-corrected chi connectivity index (χ4v) is 1.44. The van der Waals surface area contributed by atoms with Crippen LogP contribution in [0.5, 0.6) is 0 Å². The third-order valence-corrected chi connectivity index (χ3v) is 2.26. The summed E-state index contributed by atoms with van der Waals surface area (Å²) in [4.78, 5) is 10.2. The molecule has 1 rings (SSSR count). The maximum Gasteiger partial charge on any atom is 0.271 e. The largest absolute Gasteiger partial charge is 0.363 e. The number of rotatable bonds is 3. The summed E-state index contributed by atoms with van der Waals surface area (Å²) in [5.41, 5.74) is 1.61. The van der Waals surface area contributed by atoms with Crippen LogP contribution >= 0.6 is 12.2 Å². The Hall–Kier alpha value is -1.69. The van der Waals surface area contributed by atoms with Crippen molar-refractivity contribution in [2.75, 3.05) is 11.9 Å². The molecule has 0 heterocycles. The van der Waals surface area contributed by atoms with Crippen LogP contribution < -0.4 is 10.6 Å². The minimum absolute atomic E-state index is 0.0485. The zero-order valence-corrected chi connectivity index (χ0v) is 9.93. The smallest absolute Gasteiger partial charge is 0.271 e. The molecule has 0 radical (unpaired) electrons. The lowest BCUT2D eigenvalue weighted by Crippen LogP contribution is -2.28. The fourth-order valence-electron chi connectivity index (χ4n) is 1.19. The van der Waals surface area contributed by atoms with Gasteiger partial charge in [-0.05, 0) is 31.6 Å². The molecular formula is C10H13N3O2S. The molecule has 2 N–H and O–H groups in total. The van der Waals surface area contributed by atoms with Gasteiger partial charge in [0.2, 0.25) is 0 Å². The lowest BCUT2D eigenvalue weighted by molar-refractivity contribution is -0.384. The zero-order valence-electron chi connectivity index (χ0n) is 9.11. The molecule has 0 atom stereocenters. The van der Waals surface area contributed by atoms with E-state index in [2.05, 4.69) is 10.6 Å². The molecule has 6 heteroatoms. The molecule has 0 aromatic heterocycles. The Morgan fingerprint density at radius 2 is 2.25 bits per heavy atom. The Labute approximate surface area is 99.0 Å². The molecule has 0 saturated carbocycles. The number of nitro benzene ring substituents is 1. The van der Waals surface area contributed by atoms with Crippen molar-refractivity contribution in [2.24, 2.45) is 0 Å². The van der Waals surface area contributed by atoms with E-state index < -0.39 is 4.92 Å². The number of benzene rings is 1. The van der Waals surface area contributed by atoms with Gasteiger partial charge < -0.3 is 10.6 Å². The molecule has 0 saturated heterocycles. The minimum Gasteiger partial charge on any atom is -0.363 e. The first-order chi connectivity index (χ1) is 7.54. The van der Waals surface area contributed by atoms with E-state index in [9.17, 15) is 10.1 Å². The summed E-state index contributed by atoms with van der Waals surface area (Å²) < 4.78 is 0. The first kappa shape index (κ1) is 12.4. The van der Waals surface area contributed by atoms with Crippen molar-refractivity contribution in [2.45, 2.75) is 13.8 Å². The Bertz CT molecular complexity index is 421. The Morgan fingerprint density at radius 1 is 1.56 bits per heavy atom. The van der Waals surface area contributed by atoms with Gasteiger partial charge >= 0.3 is 0 Å². The summed E-state index contributed by atoms with van der Waals surface area (Å²) in [6, 6.07) is 4.63. The second-order valence-electron chi connectivity index (χ2n) is 3.24. The molecule has 1 aromatic carbocycles. The molecule has 0 spiro atoms. The summed E-state index contributed by atoms with van der Waals surface area (Å²) in [7, 11) is 0. The van der Waals surface area contributed by atoms with Crippen LogP contribution in [0.25, 0.3) is 0 Å². The fraction of sp³-hybridized carbons (Fsp3) is 0.300. The van der Waals surface area contributed by atoms with Crippen molar-refractivity contribution in [3.63, 3.8) is 0 Å². The number of thiocarbonyl (C=S) groups is 1. The van der Waals surface area contributed by atoms with Gasteiger partial charge in [-0.25, -0.2) is 0 Å². The summed E-state index contributed by atoms with van der Waals surface area (Å²) >= 11 is 5.01. The highest BCUT2D eigenvalue weighted by molar-refractivity contribution is 7.80. The first-order valence-electron chi connectivity index (χ1n) is 4.84. The van der Waals surface area contributed by atoms with E-state index in [1.165, 1.54) is 12.1 Å². The highest BCUT2D eigenvalue weighted by Gasteiger charge is 2.09. The number of anilines is 1. The third-order valence-electron chi connectivity index (χ3n) is 2.02. The molecule has 0 amide bonds. The maximum absolute atomic E-state index is 10.6. The van der Waals surface area contributed by atoms with E-state index in [1.807, 2.05) is 13.8 Å². The van der Waals surface area contributed by atoms with E-state index in [-0.39, 0.29) is 5.69 Å². The van der Waals surface area contributed by atoms with Crippen LogP contribution in [-0.2, 0) is 0 Å². The second kappa shape index (κ2) is 5.41. The number of nitrogens with zero attached hydrogens (tertiary/aromatic N) is 1. The number of hydrogen-bond donors (Lipinski definition) is 2. The number of non-ortho nitro benzene ring substituents is 1. The van der Waals surface area contributed by atoms with Gasteiger partial charge in [0.15, 0.2) is 5.11 Å². The van der Waals surface area contributed by atoms with E-state index in [0.717, 1.165) is 5.56 Å². The van der Waals surface area contributed by atoms with Gasteiger partial charge in [0.25, 0.3) is 5.69 Å². The average molecular weight is 239 g/mol. The zero-order chi connectivity index (χ0) is 12.1. The molecule has 0 aliphatic carbocycles. The normalized spacial score (nSPS) is 9.62. The lowest BCUT2D eigenvalue weighted by Gasteiger charge is -2.10. The Morgan fingerprint density at radius 3 is 2.81 bits per heavy atom. The molecule has 0 bridgehead atoms. The van der Waals surface area contributed by atoms with Gasteiger partial charge in [-0.3, -0.25) is 10.1 Å². The number of nitro groups is 1. The van der Waals surface area contributed by atoms with E-state index in [4.69, 9.17) is 12.2 Å². The monoisotopic (exact) mass is 239 g/mol. The molecule has 5 nitrogen and oxygen atoms in total. The molecule has 0 aliphatic rings.